The quantitative estimate of drug-likeness (QED) is 0.496. The van der Waals surface area contributed by atoms with Gasteiger partial charge in [0, 0.05) is 32.2 Å². The Morgan fingerprint density at radius 2 is 1.68 bits per heavy atom. The Hall–Kier alpha value is -2.55. The number of ether oxygens (including phenoxy) is 1. The maximum Gasteiger partial charge on any atom is 0.312 e. The number of nitrogens with one attached hydrogen (secondary N) is 1. The summed E-state index contributed by atoms with van der Waals surface area (Å²) in [5.41, 5.74) is -0.468. The summed E-state index contributed by atoms with van der Waals surface area (Å²) in [7, 11) is -6.58. The monoisotopic (exact) mass is 431 g/mol. The molecule has 1 aromatic carbocycles. The van der Waals surface area contributed by atoms with Gasteiger partial charge in [0.1, 0.15) is 0 Å². The van der Waals surface area contributed by atoms with Crippen molar-refractivity contribution in [3.05, 3.63) is 40.6 Å². The van der Waals surface area contributed by atoms with Crippen LogP contribution in [-0.2, 0) is 20.0 Å². The number of sulfonamides is 2. The van der Waals surface area contributed by atoms with Gasteiger partial charge in [0.05, 0.1) is 23.1 Å². The third-order valence-corrected chi connectivity index (χ3v) is 8.00. The molecule has 0 atom stereocenters. The topological polar surface area (TPSA) is 156 Å². The van der Waals surface area contributed by atoms with Crippen LogP contribution in [-0.4, -0.2) is 73.9 Å². The highest BCUT2D eigenvalue weighted by Crippen LogP contribution is 2.31. The predicted molar refractivity (Wildman–Crippen MR) is 95.8 cm³/mol. The molecule has 0 spiro atoms. The lowest BCUT2D eigenvalue weighted by Gasteiger charge is -2.32. The average Bonchev–Trinajstić information content (AvgIpc) is 3.23. The van der Waals surface area contributed by atoms with Gasteiger partial charge < -0.3 is 4.74 Å². The highest BCUT2D eigenvalue weighted by atomic mass is 32.2. The Kier molecular flexibility index (Phi) is 5.38. The van der Waals surface area contributed by atoms with Gasteiger partial charge in [-0.2, -0.15) is 13.7 Å². The van der Waals surface area contributed by atoms with E-state index in [1.165, 1.54) is 31.5 Å². The van der Waals surface area contributed by atoms with Crippen LogP contribution in [0.25, 0.3) is 0 Å². The van der Waals surface area contributed by atoms with E-state index in [0.29, 0.717) is 0 Å². The molecular weight excluding hydrogens is 414 g/mol. The van der Waals surface area contributed by atoms with Crippen molar-refractivity contribution >= 4 is 25.7 Å². The lowest BCUT2D eigenvalue weighted by atomic mass is 10.3. The Labute approximate surface area is 161 Å². The molecule has 12 nitrogen and oxygen atoms in total. The van der Waals surface area contributed by atoms with Crippen LogP contribution in [0, 0.1) is 10.1 Å². The molecular formula is C14H17N5O7S2. The minimum Gasteiger partial charge on any atom is -0.490 e. The van der Waals surface area contributed by atoms with E-state index in [0.717, 1.165) is 14.7 Å². The molecule has 0 bridgehead atoms. The van der Waals surface area contributed by atoms with E-state index in [2.05, 4.69) is 10.2 Å². The first-order valence-electron chi connectivity index (χ1n) is 8.00. The fourth-order valence-corrected chi connectivity index (χ4v) is 5.56. The molecule has 0 aliphatic carbocycles. The number of hydrogen-bond donors (Lipinski definition) is 1. The normalized spacial score (nSPS) is 16.8. The molecule has 1 aliphatic heterocycles. The van der Waals surface area contributed by atoms with Gasteiger partial charge in [0.15, 0.2) is 10.8 Å². The Bertz CT molecular complexity index is 1080. The number of methoxy groups -OCH3 is 1. The fourth-order valence-electron chi connectivity index (χ4n) is 2.80. The van der Waals surface area contributed by atoms with E-state index in [1.54, 1.807) is 0 Å². The number of aromatic nitrogens is 2. The average molecular weight is 431 g/mol. The molecule has 28 heavy (non-hydrogen) atoms. The molecule has 1 aromatic heterocycles. The van der Waals surface area contributed by atoms with E-state index < -0.39 is 30.7 Å². The second-order valence-electron chi connectivity index (χ2n) is 5.82. The van der Waals surface area contributed by atoms with E-state index in [9.17, 15) is 26.9 Å². The van der Waals surface area contributed by atoms with Crippen molar-refractivity contribution in [1.82, 2.24) is 18.8 Å². The first-order chi connectivity index (χ1) is 13.2. The smallest absolute Gasteiger partial charge is 0.312 e. The predicted octanol–water partition coefficient (Wildman–Crippen LogP) is 0.0217. The third kappa shape index (κ3) is 3.58. The van der Waals surface area contributed by atoms with Crippen molar-refractivity contribution in [2.75, 3.05) is 33.3 Å². The standard InChI is InChI=1S/C14H17N5O7S2/c1-26-13-3-2-11(10-12(13)19(20)21)27(22,23)17-6-8-18(9-7-17)28(24,25)14-4-5-15-16-14/h2-5,10H,6-9H2,1H3,(H,15,16). The molecule has 3 rings (SSSR count). The molecule has 1 N–H and O–H groups in total. The molecule has 1 fully saturated rings. The van der Waals surface area contributed by atoms with E-state index in [4.69, 9.17) is 4.74 Å². The minimum absolute atomic E-state index is 0.0561. The summed E-state index contributed by atoms with van der Waals surface area (Å²) in [5.74, 6) is -0.0561. The maximum absolute atomic E-state index is 12.8. The number of aromatic amines is 1. The van der Waals surface area contributed by atoms with Crippen LogP contribution in [0.2, 0.25) is 0 Å². The van der Waals surface area contributed by atoms with Crippen LogP contribution in [0.15, 0.2) is 40.4 Å². The summed E-state index contributed by atoms with van der Waals surface area (Å²) in [5, 5.41) is 17.1. The molecule has 1 aliphatic rings. The third-order valence-electron chi connectivity index (χ3n) is 4.28. The number of nitro groups is 1. The van der Waals surface area contributed by atoms with Crippen molar-refractivity contribution < 1.29 is 26.5 Å². The van der Waals surface area contributed by atoms with Crippen LogP contribution in [0.1, 0.15) is 0 Å². The van der Waals surface area contributed by atoms with E-state index >= 15 is 0 Å². The first kappa shape index (κ1) is 20.2. The first-order valence-corrected chi connectivity index (χ1v) is 10.9. The molecule has 0 unspecified atom stereocenters. The highest BCUT2D eigenvalue weighted by Gasteiger charge is 2.35. The van der Waals surface area contributed by atoms with Gasteiger partial charge in [-0.05, 0) is 18.2 Å². The van der Waals surface area contributed by atoms with Gasteiger partial charge in [-0.15, -0.1) is 0 Å². The lowest BCUT2D eigenvalue weighted by Crippen LogP contribution is -2.50. The molecule has 152 valence electrons. The van der Waals surface area contributed by atoms with Crippen molar-refractivity contribution in [2.45, 2.75) is 9.92 Å². The zero-order valence-corrected chi connectivity index (χ0v) is 16.3. The van der Waals surface area contributed by atoms with Gasteiger partial charge in [0.2, 0.25) is 10.0 Å². The van der Waals surface area contributed by atoms with Crippen LogP contribution < -0.4 is 4.74 Å². The van der Waals surface area contributed by atoms with Gasteiger partial charge in [-0.1, -0.05) is 0 Å². The Balaban J connectivity index is 1.80. The second-order valence-corrected chi connectivity index (χ2v) is 9.66. The number of rotatable bonds is 6. The van der Waals surface area contributed by atoms with E-state index in [-0.39, 0.29) is 41.8 Å². The molecule has 14 heteroatoms. The number of piperazine rings is 1. The SMILES string of the molecule is COc1ccc(S(=O)(=O)N2CCN(S(=O)(=O)c3ccn[nH]3)CC2)cc1[N+](=O)[O-]. The number of nitrogens with zero attached hydrogens (tertiary/aromatic N) is 4. The summed E-state index contributed by atoms with van der Waals surface area (Å²) in [6.45, 7) is -0.289. The van der Waals surface area contributed by atoms with Crippen LogP contribution >= 0.6 is 0 Å². The fraction of sp³-hybridized carbons (Fsp3) is 0.357. The van der Waals surface area contributed by atoms with Crippen molar-refractivity contribution in [3.8, 4) is 5.75 Å². The van der Waals surface area contributed by atoms with Gasteiger partial charge in [-0.25, -0.2) is 16.8 Å². The zero-order chi connectivity index (χ0) is 20.5. The molecule has 1 saturated heterocycles. The summed E-state index contributed by atoms with van der Waals surface area (Å²) in [6, 6.07) is 4.68. The number of H-pyrrole nitrogens is 1. The van der Waals surface area contributed by atoms with Gasteiger partial charge >= 0.3 is 5.69 Å². The van der Waals surface area contributed by atoms with Gasteiger partial charge in [0.25, 0.3) is 10.0 Å². The molecule has 0 radical (unpaired) electrons. The van der Waals surface area contributed by atoms with Crippen LogP contribution in [0.3, 0.4) is 0 Å². The second kappa shape index (κ2) is 7.46. The number of hydrogen-bond acceptors (Lipinski definition) is 8. The summed E-state index contributed by atoms with van der Waals surface area (Å²) >= 11 is 0. The highest BCUT2D eigenvalue weighted by molar-refractivity contribution is 7.89. The largest absolute Gasteiger partial charge is 0.490 e. The number of nitro benzene ring substituents is 1. The van der Waals surface area contributed by atoms with Crippen molar-refractivity contribution in [1.29, 1.82) is 0 Å². The van der Waals surface area contributed by atoms with Crippen molar-refractivity contribution in [2.24, 2.45) is 0 Å². The maximum atomic E-state index is 12.8. The van der Waals surface area contributed by atoms with E-state index in [1.807, 2.05) is 0 Å². The summed E-state index contributed by atoms with van der Waals surface area (Å²) < 4.78 is 57.7. The summed E-state index contributed by atoms with van der Waals surface area (Å²) in [6.07, 6.45) is 1.31. The van der Waals surface area contributed by atoms with Crippen LogP contribution in [0.4, 0.5) is 5.69 Å². The molecule has 0 saturated carbocycles. The molecule has 2 aromatic rings. The number of benzene rings is 1. The molecule has 0 amide bonds. The lowest BCUT2D eigenvalue weighted by molar-refractivity contribution is -0.386. The van der Waals surface area contributed by atoms with Gasteiger partial charge in [-0.3, -0.25) is 15.2 Å². The van der Waals surface area contributed by atoms with Crippen LogP contribution in [0.5, 0.6) is 5.75 Å². The van der Waals surface area contributed by atoms with Crippen molar-refractivity contribution in [3.63, 3.8) is 0 Å². The Morgan fingerprint density at radius 1 is 1.07 bits per heavy atom. The Morgan fingerprint density at radius 3 is 2.18 bits per heavy atom. The zero-order valence-electron chi connectivity index (χ0n) is 14.7. The molecule has 2 heterocycles. The summed E-state index contributed by atoms with van der Waals surface area (Å²) in [4.78, 5) is 10.1. The minimum atomic E-state index is -4.03.